The minimum Gasteiger partial charge on any atom is -0.369 e. The molecule has 0 aliphatic carbocycles. The number of benzene rings is 2. The van der Waals surface area contributed by atoms with Crippen molar-refractivity contribution >= 4 is 36.4 Å². The Morgan fingerprint density at radius 1 is 0.929 bits per heavy atom. The van der Waals surface area contributed by atoms with Gasteiger partial charge >= 0.3 is 12.4 Å². The minimum atomic E-state index is -6.02. The number of nitrogens with zero attached hydrogens (tertiary/aromatic N) is 1. The zero-order valence-electron chi connectivity index (χ0n) is 14.5. The van der Waals surface area contributed by atoms with E-state index in [1.807, 2.05) is 0 Å². The zero-order valence-corrected chi connectivity index (χ0v) is 17.3. The number of hydrogen-bond donors (Lipinski definition) is 1. The molecule has 0 aliphatic heterocycles. The van der Waals surface area contributed by atoms with E-state index in [0.717, 1.165) is 27.9 Å². The fourth-order valence-corrected chi connectivity index (χ4v) is 4.49. The second-order valence-electron chi connectivity index (χ2n) is 6.04. The normalized spacial score (nSPS) is 13.4. The molecule has 1 N–H and O–H groups in total. The van der Waals surface area contributed by atoms with Gasteiger partial charge in [-0.25, -0.2) is 8.42 Å². The summed E-state index contributed by atoms with van der Waals surface area (Å²) in [5, 5.41) is 9.38. The molecule has 0 spiro atoms. The van der Waals surface area contributed by atoms with Crippen LogP contribution in [0.15, 0.2) is 53.4 Å². The first-order valence-corrected chi connectivity index (χ1v) is 10.1. The first kappa shape index (κ1) is 22.6. The van der Waals surface area contributed by atoms with E-state index in [9.17, 15) is 39.9 Å². The third-order valence-electron chi connectivity index (χ3n) is 4.12. The summed E-state index contributed by atoms with van der Waals surface area (Å²) in [6.45, 7) is 0. The van der Waals surface area contributed by atoms with E-state index < -0.39 is 33.5 Å². The van der Waals surface area contributed by atoms with Crippen LogP contribution in [0, 0.1) is 0 Å². The Hall–Kier alpha value is -1.74. The highest BCUT2D eigenvalue weighted by molar-refractivity contribution is 7.92. The molecule has 2 aromatic rings. The lowest BCUT2D eigenvalue weighted by molar-refractivity contribution is -0.376. The Balaban J connectivity index is 2.46. The standard InChI is InChI=1S/C16H12F6NO3S.Al.2H/c1-23(27(25,26)13-5-3-2-4-6-13)12-9-7-11(8-10-12)14(24,15(17,18)19)16(20,21)22;;;/h2-3,5-10,24H,1H3;;;. The van der Waals surface area contributed by atoms with Gasteiger partial charge in [0.1, 0.15) is 0 Å². The average Bonchev–Trinajstić information content (AvgIpc) is 2.58. The van der Waals surface area contributed by atoms with Crippen LogP contribution in [0.4, 0.5) is 32.0 Å². The molecule has 4 nitrogen and oxygen atoms in total. The van der Waals surface area contributed by atoms with Crippen molar-refractivity contribution in [2.75, 3.05) is 11.4 Å². The van der Waals surface area contributed by atoms with Crippen LogP contribution in [0.5, 0.6) is 0 Å². The molecule has 0 bridgehead atoms. The summed E-state index contributed by atoms with van der Waals surface area (Å²) >= 11 is 0.582. The van der Waals surface area contributed by atoms with Crippen LogP contribution in [0.25, 0.3) is 0 Å². The van der Waals surface area contributed by atoms with Crippen LogP contribution in [0.1, 0.15) is 5.56 Å². The first-order chi connectivity index (χ1) is 12.6. The summed E-state index contributed by atoms with van der Waals surface area (Å²) in [7, 11) is -2.96. The fourth-order valence-electron chi connectivity index (χ4n) is 2.47. The summed E-state index contributed by atoms with van der Waals surface area (Å²) in [4.78, 5) is -0.0614. The smallest absolute Gasteiger partial charge is 0.369 e. The lowest BCUT2D eigenvalue weighted by Gasteiger charge is -2.33. The largest absolute Gasteiger partial charge is 0.430 e. The molecule has 0 heterocycles. The zero-order chi connectivity index (χ0) is 21.5. The predicted octanol–water partition coefficient (Wildman–Crippen LogP) is 2.08. The SMILES string of the molecule is CN(c1ccc(C(O)(C(F)(F)F)C(F)(F)F)cc1)S(=O)(=O)c1ccc[c]([AlH2])c1. The van der Waals surface area contributed by atoms with E-state index >= 15 is 0 Å². The van der Waals surface area contributed by atoms with E-state index in [0.29, 0.717) is 28.4 Å². The van der Waals surface area contributed by atoms with Gasteiger partial charge < -0.3 is 5.11 Å². The van der Waals surface area contributed by atoms with Gasteiger partial charge in [0.25, 0.3) is 31.9 Å². The molecule has 28 heavy (non-hydrogen) atoms. The van der Waals surface area contributed by atoms with Gasteiger partial charge in [0.2, 0.25) is 0 Å². The van der Waals surface area contributed by atoms with Crippen LogP contribution in [-0.4, -0.2) is 49.2 Å². The van der Waals surface area contributed by atoms with E-state index in [-0.39, 0.29) is 10.6 Å². The van der Waals surface area contributed by atoms with Gasteiger partial charge in [-0.05, 0) is 18.2 Å². The molecule has 0 amide bonds. The number of halogens is 6. The van der Waals surface area contributed by atoms with Crippen LogP contribution in [0.2, 0.25) is 0 Å². The maximum Gasteiger partial charge on any atom is 0.430 e. The topological polar surface area (TPSA) is 57.6 Å². The molecule has 0 atom stereocenters. The molecule has 2 rings (SSSR count). The Morgan fingerprint density at radius 2 is 1.43 bits per heavy atom. The highest BCUT2D eigenvalue weighted by Gasteiger charge is 2.71. The Kier molecular flexibility index (Phi) is 5.85. The third kappa shape index (κ3) is 3.87. The molecule has 0 fully saturated rings. The number of sulfonamides is 1. The van der Waals surface area contributed by atoms with Crippen molar-refractivity contribution < 1.29 is 39.9 Å². The molecule has 0 unspecified atom stereocenters. The molecule has 0 aliphatic rings. The van der Waals surface area contributed by atoms with Crippen LogP contribution in [-0.2, 0) is 15.6 Å². The quantitative estimate of drug-likeness (QED) is 0.584. The molecule has 0 saturated heterocycles. The maximum absolute atomic E-state index is 12.9. The maximum atomic E-state index is 12.9. The minimum absolute atomic E-state index is 0.0614. The van der Waals surface area contributed by atoms with Crippen molar-refractivity contribution in [1.82, 2.24) is 0 Å². The molecular formula is C16H14AlF6NO3S. The van der Waals surface area contributed by atoms with E-state index in [1.54, 1.807) is 6.07 Å². The van der Waals surface area contributed by atoms with Crippen molar-refractivity contribution in [2.45, 2.75) is 22.8 Å². The van der Waals surface area contributed by atoms with E-state index in [4.69, 9.17) is 0 Å². The number of aliphatic hydroxyl groups is 1. The number of hydrogen-bond acceptors (Lipinski definition) is 3. The summed E-state index contributed by atoms with van der Waals surface area (Å²) in [5.74, 6) is 0. The Morgan fingerprint density at radius 3 is 1.86 bits per heavy atom. The van der Waals surface area contributed by atoms with Gasteiger partial charge in [0, 0.05) is 12.6 Å². The molecule has 0 radical (unpaired) electrons. The van der Waals surface area contributed by atoms with Crippen LogP contribution in [0.3, 0.4) is 0 Å². The summed E-state index contributed by atoms with van der Waals surface area (Å²) in [5.41, 5.74) is -6.71. The lowest BCUT2D eigenvalue weighted by Crippen LogP contribution is -2.53. The van der Waals surface area contributed by atoms with Crippen molar-refractivity contribution in [2.24, 2.45) is 0 Å². The van der Waals surface area contributed by atoms with Gasteiger partial charge in [-0.1, -0.05) is 30.3 Å². The highest BCUT2D eigenvalue weighted by atomic mass is 32.2. The van der Waals surface area contributed by atoms with Gasteiger partial charge in [0.05, 0.1) is 10.6 Å². The second-order valence-corrected chi connectivity index (χ2v) is 9.17. The third-order valence-corrected chi connectivity index (χ3v) is 6.52. The molecule has 0 saturated carbocycles. The van der Waals surface area contributed by atoms with Gasteiger partial charge in [-0.3, -0.25) is 4.31 Å². The number of alkyl halides is 6. The Labute approximate surface area is 164 Å². The summed E-state index contributed by atoms with van der Waals surface area (Å²) < 4.78 is 104. The summed E-state index contributed by atoms with van der Waals surface area (Å²) in [6.07, 6.45) is -12.0. The Bertz CT molecular complexity index is 944. The fraction of sp³-hybridized carbons (Fsp3) is 0.250. The summed E-state index contributed by atoms with van der Waals surface area (Å²) in [6, 6.07) is 8.32. The number of anilines is 1. The van der Waals surface area contributed by atoms with Crippen molar-refractivity contribution in [3.05, 3.63) is 54.1 Å². The van der Waals surface area contributed by atoms with Gasteiger partial charge in [-0.2, -0.15) is 26.3 Å². The monoisotopic (exact) mass is 441 g/mol. The van der Waals surface area contributed by atoms with E-state index in [1.165, 1.54) is 18.2 Å². The average molecular weight is 441 g/mol. The molecule has 0 aromatic heterocycles. The van der Waals surface area contributed by atoms with Crippen molar-refractivity contribution in [1.29, 1.82) is 0 Å². The first-order valence-electron chi connectivity index (χ1n) is 7.64. The van der Waals surface area contributed by atoms with E-state index in [2.05, 4.69) is 0 Å². The van der Waals surface area contributed by atoms with Crippen molar-refractivity contribution in [3.8, 4) is 0 Å². The van der Waals surface area contributed by atoms with Crippen LogP contribution >= 0.6 is 0 Å². The van der Waals surface area contributed by atoms with Crippen LogP contribution < -0.4 is 8.73 Å². The van der Waals surface area contributed by atoms with Crippen molar-refractivity contribution in [3.63, 3.8) is 0 Å². The molecular weight excluding hydrogens is 427 g/mol. The second kappa shape index (κ2) is 7.26. The van der Waals surface area contributed by atoms with Gasteiger partial charge in [-0.15, -0.1) is 4.43 Å². The molecule has 2 aromatic carbocycles. The predicted molar refractivity (Wildman–Crippen MR) is 92.7 cm³/mol. The highest BCUT2D eigenvalue weighted by Crippen LogP contribution is 2.50. The number of rotatable bonds is 4. The molecule has 12 heteroatoms. The van der Waals surface area contributed by atoms with Gasteiger partial charge in [0.15, 0.2) is 0 Å². The molecule has 152 valence electrons. The lowest BCUT2D eigenvalue weighted by atomic mass is 9.92.